The minimum Gasteiger partial charge on any atom is -0.305 e. The third-order valence-electron chi connectivity index (χ3n) is 6.08. The first-order valence-electron chi connectivity index (χ1n) is 11.3. The standard InChI is InChI=1S/C26H30N6O/c1-18-9-12-32(13-10-18)17-20(16-27-3)14-19(2)21-7-8-23-22(15-21)25(31-30-23)26(33)29-24-6-4-5-11-28-24/h4-8,11,14-16,18H,3,9-10,12-13,17H2,1-2H3,(H,30,31)(H,28,29,33)/b19-14+,20-16+. The summed E-state index contributed by atoms with van der Waals surface area (Å²) >= 11 is 0. The van der Waals surface area contributed by atoms with E-state index in [0.29, 0.717) is 11.5 Å². The van der Waals surface area contributed by atoms with Crippen LogP contribution in [0.5, 0.6) is 0 Å². The molecule has 170 valence electrons. The quantitative estimate of drug-likeness (QED) is 0.401. The second kappa shape index (κ2) is 10.4. The van der Waals surface area contributed by atoms with Gasteiger partial charge >= 0.3 is 0 Å². The highest BCUT2D eigenvalue weighted by Crippen LogP contribution is 2.25. The Morgan fingerprint density at radius 3 is 2.85 bits per heavy atom. The van der Waals surface area contributed by atoms with Crippen LogP contribution in [0.2, 0.25) is 0 Å². The lowest BCUT2D eigenvalue weighted by Crippen LogP contribution is -2.34. The Kier molecular flexibility index (Phi) is 7.10. The largest absolute Gasteiger partial charge is 0.305 e. The number of carbonyl (C=O) groups is 1. The van der Waals surface area contributed by atoms with Gasteiger partial charge in [0.1, 0.15) is 5.82 Å². The zero-order chi connectivity index (χ0) is 23.2. The predicted molar refractivity (Wildman–Crippen MR) is 134 cm³/mol. The maximum atomic E-state index is 12.8. The predicted octanol–water partition coefficient (Wildman–Crippen LogP) is 4.93. The second-order valence-electron chi connectivity index (χ2n) is 8.67. The van der Waals surface area contributed by atoms with Crippen molar-refractivity contribution < 1.29 is 4.79 Å². The number of nitrogens with zero attached hydrogens (tertiary/aromatic N) is 4. The number of fused-ring (bicyclic) bond motifs is 1. The molecule has 1 fully saturated rings. The molecule has 1 amide bonds. The highest BCUT2D eigenvalue weighted by atomic mass is 16.2. The number of rotatable bonds is 7. The van der Waals surface area contributed by atoms with Crippen molar-refractivity contribution in [2.75, 3.05) is 25.0 Å². The number of allylic oxidation sites excluding steroid dienone is 1. The molecule has 1 aliphatic heterocycles. The number of pyridine rings is 1. The molecule has 4 rings (SSSR count). The molecule has 7 heteroatoms. The van der Waals surface area contributed by atoms with Crippen molar-refractivity contribution in [3.8, 4) is 0 Å². The van der Waals surface area contributed by atoms with Crippen molar-refractivity contribution in [1.29, 1.82) is 0 Å². The molecule has 0 radical (unpaired) electrons. The van der Waals surface area contributed by atoms with E-state index >= 15 is 0 Å². The van der Waals surface area contributed by atoms with Crippen LogP contribution in [0, 0.1) is 5.92 Å². The minimum absolute atomic E-state index is 0.297. The van der Waals surface area contributed by atoms with E-state index in [1.54, 1.807) is 18.3 Å². The molecule has 1 aromatic carbocycles. The van der Waals surface area contributed by atoms with E-state index in [2.05, 4.69) is 57.0 Å². The lowest BCUT2D eigenvalue weighted by molar-refractivity contribution is 0.102. The topological polar surface area (TPSA) is 86.3 Å². The van der Waals surface area contributed by atoms with Crippen molar-refractivity contribution in [2.45, 2.75) is 26.7 Å². The van der Waals surface area contributed by atoms with Gasteiger partial charge in [0.15, 0.2) is 5.69 Å². The molecule has 0 aliphatic carbocycles. The summed E-state index contributed by atoms with van der Waals surface area (Å²) in [6, 6.07) is 11.4. The number of benzene rings is 1. The molecule has 0 spiro atoms. The zero-order valence-corrected chi connectivity index (χ0v) is 19.2. The molecule has 0 atom stereocenters. The van der Waals surface area contributed by atoms with E-state index < -0.39 is 0 Å². The first-order valence-corrected chi connectivity index (χ1v) is 11.3. The third-order valence-corrected chi connectivity index (χ3v) is 6.08. The average molecular weight is 443 g/mol. The molecule has 0 unspecified atom stereocenters. The zero-order valence-electron chi connectivity index (χ0n) is 19.2. The first kappa shape index (κ1) is 22.6. The highest BCUT2D eigenvalue weighted by Gasteiger charge is 2.17. The number of aromatic nitrogens is 3. The number of hydrogen-bond donors (Lipinski definition) is 2. The summed E-state index contributed by atoms with van der Waals surface area (Å²) < 4.78 is 0. The number of carbonyl (C=O) groups excluding carboxylic acids is 1. The fourth-order valence-corrected chi connectivity index (χ4v) is 4.13. The highest BCUT2D eigenvalue weighted by molar-refractivity contribution is 6.11. The Hall–Kier alpha value is -3.58. The fourth-order valence-electron chi connectivity index (χ4n) is 4.13. The molecule has 0 saturated carbocycles. The summed E-state index contributed by atoms with van der Waals surface area (Å²) in [7, 11) is 0. The van der Waals surface area contributed by atoms with Gasteiger partial charge in [0.2, 0.25) is 0 Å². The van der Waals surface area contributed by atoms with Crippen LogP contribution in [0.4, 0.5) is 5.82 Å². The van der Waals surface area contributed by atoms with Gasteiger partial charge in [0.25, 0.3) is 5.91 Å². The van der Waals surface area contributed by atoms with Gasteiger partial charge in [-0.3, -0.25) is 19.8 Å². The summed E-state index contributed by atoms with van der Waals surface area (Å²) in [5.41, 5.74) is 4.39. The van der Waals surface area contributed by atoms with Crippen LogP contribution in [-0.4, -0.2) is 52.3 Å². The van der Waals surface area contributed by atoms with E-state index in [0.717, 1.165) is 53.2 Å². The Labute approximate surface area is 194 Å². The van der Waals surface area contributed by atoms with Crippen molar-refractivity contribution in [2.24, 2.45) is 10.9 Å². The monoisotopic (exact) mass is 442 g/mol. The molecule has 33 heavy (non-hydrogen) atoms. The molecule has 2 aromatic heterocycles. The number of nitrogens with one attached hydrogen (secondary N) is 2. The Bertz CT molecular complexity index is 1190. The minimum atomic E-state index is -0.297. The van der Waals surface area contributed by atoms with Gasteiger partial charge in [-0.15, -0.1) is 0 Å². The van der Waals surface area contributed by atoms with E-state index in [1.165, 1.54) is 12.8 Å². The van der Waals surface area contributed by atoms with Crippen molar-refractivity contribution >= 4 is 34.9 Å². The summed E-state index contributed by atoms with van der Waals surface area (Å²) in [6.45, 7) is 11.1. The molecular weight excluding hydrogens is 412 g/mol. The first-order chi connectivity index (χ1) is 16.0. The molecule has 3 aromatic rings. The van der Waals surface area contributed by atoms with Crippen LogP contribution >= 0.6 is 0 Å². The lowest BCUT2D eigenvalue weighted by Gasteiger charge is -2.30. The normalized spacial score (nSPS) is 16.2. The number of amides is 1. The van der Waals surface area contributed by atoms with Crippen molar-refractivity contribution in [1.82, 2.24) is 20.1 Å². The van der Waals surface area contributed by atoms with Gasteiger partial charge in [0.05, 0.1) is 5.52 Å². The molecular formula is C26H30N6O. The van der Waals surface area contributed by atoms with Crippen molar-refractivity contribution in [3.63, 3.8) is 0 Å². The summed E-state index contributed by atoms with van der Waals surface area (Å²) in [6.07, 6.45) is 8.10. The van der Waals surface area contributed by atoms with Crippen molar-refractivity contribution in [3.05, 3.63) is 71.7 Å². The van der Waals surface area contributed by atoms with Gasteiger partial charge in [-0.2, -0.15) is 5.10 Å². The summed E-state index contributed by atoms with van der Waals surface area (Å²) in [4.78, 5) is 23.4. The lowest BCUT2D eigenvalue weighted by atomic mass is 9.98. The van der Waals surface area contributed by atoms with Gasteiger partial charge in [-0.1, -0.05) is 25.1 Å². The Morgan fingerprint density at radius 1 is 1.30 bits per heavy atom. The molecule has 1 aliphatic rings. The summed E-state index contributed by atoms with van der Waals surface area (Å²) in [5, 5.41) is 10.8. The Balaban J connectivity index is 1.55. The molecule has 7 nitrogen and oxygen atoms in total. The SMILES string of the molecule is C=N/C=C(\C=C(/C)c1ccc2[nH]nc(C(=O)Nc3ccccn3)c2c1)CN1CCC(C)CC1. The maximum Gasteiger partial charge on any atom is 0.277 e. The average Bonchev–Trinajstić information content (AvgIpc) is 3.25. The number of hydrogen-bond acceptors (Lipinski definition) is 5. The van der Waals surface area contributed by atoms with Crippen LogP contribution < -0.4 is 5.32 Å². The van der Waals surface area contributed by atoms with E-state index in [9.17, 15) is 4.79 Å². The number of piperidine rings is 1. The number of aliphatic imine (C=N–C) groups is 1. The van der Waals surface area contributed by atoms with Crippen LogP contribution in [0.25, 0.3) is 16.5 Å². The van der Waals surface area contributed by atoms with Gasteiger partial charge in [-0.05, 0) is 86.5 Å². The van der Waals surface area contributed by atoms with E-state index in [4.69, 9.17) is 0 Å². The van der Waals surface area contributed by atoms with Gasteiger partial charge in [0, 0.05) is 24.3 Å². The van der Waals surface area contributed by atoms with Crippen LogP contribution in [-0.2, 0) is 0 Å². The number of H-pyrrole nitrogens is 1. The van der Waals surface area contributed by atoms with Crippen LogP contribution in [0.1, 0.15) is 42.7 Å². The van der Waals surface area contributed by atoms with Crippen LogP contribution in [0.15, 0.2) is 65.4 Å². The number of anilines is 1. The number of likely N-dealkylation sites (tertiary alicyclic amines) is 1. The molecule has 1 saturated heterocycles. The van der Waals surface area contributed by atoms with E-state index in [-0.39, 0.29) is 5.91 Å². The maximum absolute atomic E-state index is 12.8. The smallest absolute Gasteiger partial charge is 0.277 e. The van der Waals surface area contributed by atoms with Crippen LogP contribution in [0.3, 0.4) is 0 Å². The van der Waals surface area contributed by atoms with E-state index in [1.807, 2.05) is 30.5 Å². The molecule has 3 heterocycles. The Morgan fingerprint density at radius 2 is 2.12 bits per heavy atom. The van der Waals surface area contributed by atoms with Gasteiger partial charge in [-0.25, -0.2) is 4.98 Å². The number of aromatic amines is 1. The summed E-state index contributed by atoms with van der Waals surface area (Å²) in [5.74, 6) is 0.994. The molecule has 2 N–H and O–H groups in total. The van der Waals surface area contributed by atoms with Gasteiger partial charge < -0.3 is 5.32 Å². The second-order valence-corrected chi connectivity index (χ2v) is 8.67. The third kappa shape index (κ3) is 5.62. The molecule has 0 bridgehead atoms. The fraction of sp³-hybridized carbons (Fsp3) is 0.308.